The molecule has 3 heteroatoms. The first-order chi connectivity index (χ1) is 9.00. The van der Waals surface area contributed by atoms with Gasteiger partial charge in [0.15, 0.2) is 0 Å². The molecule has 0 fully saturated rings. The van der Waals surface area contributed by atoms with Crippen LogP contribution in [-0.2, 0) is 0 Å². The molecular formula is C16H18N2O. The van der Waals surface area contributed by atoms with Gasteiger partial charge in [-0.15, -0.1) is 0 Å². The molecule has 0 heterocycles. The Hall–Kier alpha value is -2.29. The van der Waals surface area contributed by atoms with Gasteiger partial charge in [0.1, 0.15) is 0 Å². The number of nitrogens with zero attached hydrogens (tertiary/aromatic N) is 1. The van der Waals surface area contributed by atoms with Crippen LogP contribution in [0.1, 0.15) is 21.5 Å². The quantitative estimate of drug-likeness (QED) is 0.837. The summed E-state index contributed by atoms with van der Waals surface area (Å²) in [6, 6.07) is 13.3. The first kappa shape index (κ1) is 13.1. The summed E-state index contributed by atoms with van der Waals surface area (Å²) in [4.78, 5) is 14.2. The smallest absolute Gasteiger partial charge is 0.260 e. The summed E-state index contributed by atoms with van der Waals surface area (Å²) in [7, 11) is 1.77. The molecule has 0 atom stereocenters. The largest absolute Gasteiger partial charge is 0.398 e. The maximum Gasteiger partial charge on any atom is 0.260 e. The van der Waals surface area contributed by atoms with Gasteiger partial charge in [-0.2, -0.15) is 0 Å². The number of anilines is 2. The Labute approximate surface area is 113 Å². The van der Waals surface area contributed by atoms with Crippen molar-refractivity contribution in [2.24, 2.45) is 0 Å². The number of carbonyl (C=O) groups excluding carboxylic acids is 1. The molecule has 0 saturated heterocycles. The Balaban J connectivity index is 2.39. The van der Waals surface area contributed by atoms with E-state index in [-0.39, 0.29) is 5.91 Å². The number of nitrogen functional groups attached to an aromatic ring is 1. The summed E-state index contributed by atoms with van der Waals surface area (Å²) >= 11 is 0. The van der Waals surface area contributed by atoms with Crippen LogP contribution in [0.4, 0.5) is 11.4 Å². The lowest BCUT2D eigenvalue weighted by atomic mass is 10.1. The summed E-state index contributed by atoms with van der Waals surface area (Å²) in [6.45, 7) is 3.90. The zero-order valence-electron chi connectivity index (χ0n) is 11.5. The van der Waals surface area contributed by atoms with E-state index in [1.165, 1.54) is 0 Å². The second-order valence-electron chi connectivity index (χ2n) is 4.74. The highest BCUT2D eigenvalue weighted by atomic mass is 16.2. The first-order valence-electron chi connectivity index (χ1n) is 6.20. The highest BCUT2D eigenvalue weighted by Gasteiger charge is 2.18. The minimum atomic E-state index is -0.0822. The Morgan fingerprint density at radius 3 is 2.42 bits per heavy atom. The normalized spacial score (nSPS) is 10.3. The molecule has 0 aliphatic carbocycles. The molecule has 1 amide bonds. The monoisotopic (exact) mass is 254 g/mol. The molecule has 0 unspecified atom stereocenters. The van der Waals surface area contributed by atoms with Gasteiger partial charge in [0.2, 0.25) is 0 Å². The summed E-state index contributed by atoms with van der Waals surface area (Å²) in [5.41, 5.74) is 9.90. The van der Waals surface area contributed by atoms with Gasteiger partial charge in [-0.05, 0) is 43.2 Å². The lowest BCUT2D eigenvalue weighted by Crippen LogP contribution is -2.27. The van der Waals surface area contributed by atoms with E-state index in [0.717, 1.165) is 16.8 Å². The van der Waals surface area contributed by atoms with Crippen molar-refractivity contribution in [3.05, 3.63) is 59.2 Å². The molecule has 0 bridgehead atoms. The van der Waals surface area contributed by atoms with E-state index in [9.17, 15) is 4.79 Å². The highest BCUT2D eigenvalue weighted by Crippen LogP contribution is 2.22. The van der Waals surface area contributed by atoms with Crippen LogP contribution in [0.5, 0.6) is 0 Å². The predicted molar refractivity (Wildman–Crippen MR) is 79.5 cm³/mol. The fraction of sp³-hybridized carbons (Fsp3) is 0.188. The van der Waals surface area contributed by atoms with Crippen molar-refractivity contribution in [1.29, 1.82) is 0 Å². The van der Waals surface area contributed by atoms with Crippen molar-refractivity contribution < 1.29 is 4.79 Å². The summed E-state index contributed by atoms with van der Waals surface area (Å²) in [6.07, 6.45) is 0. The average Bonchev–Trinajstić information content (AvgIpc) is 2.37. The minimum Gasteiger partial charge on any atom is -0.398 e. The Morgan fingerprint density at radius 2 is 1.79 bits per heavy atom. The fourth-order valence-corrected chi connectivity index (χ4v) is 2.10. The molecule has 2 aromatic rings. The molecule has 0 aliphatic heterocycles. The van der Waals surface area contributed by atoms with Crippen molar-refractivity contribution in [2.45, 2.75) is 13.8 Å². The minimum absolute atomic E-state index is 0.0822. The van der Waals surface area contributed by atoms with Crippen molar-refractivity contribution in [1.82, 2.24) is 0 Å². The first-order valence-corrected chi connectivity index (χ1v) is 6.20. The Morgan fingerprint density at radius 1 is 1.11 bits per heavy atom. The molecule has 2 rings (SSSR count). The maximum absolute atomic E-state index is 12.5. The van der Waals surface area contributed by atoms with E-state index < -0.39 is 0 Å². The van der Waals surface area contributed by atoms with Crippen molar-refractivity contribution in [3.63, 3.8) is 0 Å². The van der Waals surface area contributed by atoms with E-state index in [1.807, 2.05) is 50.2 Å². The lowest BCUT2D eigenvalue weighted by molar-refractivity contribution is 0.0993. The number of hydrogen-bond acceptors (Lipinski definition) is 2. The van der Waals surface area contributed by atoms with Crippen LogP contribution in [0.25, 0.3) is 0 Å². The molecular weight excluding hydrogens is 236 g/mol. The van der Waals surface area contributed by atoms with Crippen LogP contribution >= 0.6 is 0 Å². The molecule has 19 heavy (non-hydrogen) atoms. The van der Waals surface area contributed by atoms with Crippen LogP contribution in [0.3, 0.4) is 0 Å². The maximum atomic E-state index is 12.5. The topological polar surface area (TPSA) is 46.3 Å². The molecule has 0 aromatic heterocycles. The molecule has 0 radical (unpaired) electrons. The third-order valence-electron chi connectivity index (χ3n) is 3.21. The number of hydrogen-bond donors (Lipinski definition) is 1. The SMILES string of the molecule is Cc1cccc(N(C)C(=O)c2c(C)cccc2N)c1. The summed E-state index contributed by atoms with van der Waals surface area (Å²) < 4.78 is 0. The Kier molecular flexibility index (Phi) is 3.56. The van der Waals surface area contributed by atoms with Crippen LogP contribution in [0.2, 0.25) is 0 Å². The molecule has 0 aliphatic rings. The van der Waals surface area contributed by atoms with Crippen LogP contribution in [-0.4, -0.2) is 13.0 Å². The summed E-state index contributed by atoms with van der Waals surface area (Å²) in [5.74, 6) is -0.0822. The fourth-order valence-electron chi connectivity index (χ4n) is 2.10. The van der Waals surface area contributed by atoms with Gasteiger partial charge in [0.25, 0.3) is 5.91 Å². The zero-order valence-corrected chi connectivity index (χ0v) is 11.5. The summed E-state index contributed by atoms with van der Waals surface area (Å²) in [5, 5.41) is 0. The molecule has 2 N–H and O–H groups in total. The number of benzene rings is 2. The van der Waals surface area contributed by atoms with Gasteiger partial charge >= 0.3 is 0 Å². The lowest BCUT2D eigenvalue weighted by Gasteiger charge is -2.20. The van der Waals surface area contributed by atoms with Crippen LogP contribution in [0, 0.1) is 13.8 Å². The Bertz CT molecular complexity index is 600. The zero-order chi connectivity index (χ0) is 14.0. The van der Waals surface area contributed by atoms with Gasteiger partial charge in [-0.1, -0.05) is 24.3 Å². The molecule has 2 aromatic carbocycles. The predicted octanol–water partition coefficient (Wildman–Crippen LogP) is 3.16. The second kappa shape index (κ2) is 5.14. The van der Waals surface area contributed by atoms with E-state index in [1.54, 1.807) is 18.0 Å². The van der Waals surface area contributed by atoms with Crippen molar-refractivity contribution in [2.75, 3.05) is 17.7 Å². The third-order valence-corrected chi connectivity index (χ3v) is 3.21. The number of nitrogens with two attached hydrogens (primary N) is 1. The van der Waals surface area contributed by atoms with Crippen LogP contribution in [0.15, 0.2) is 42.5 Å². The standard InChI is InChI=1S/C16H18N2O/c1-11-6-4-8-13(10-11)18(3)16(19)15-12(2)7-5-9-14(15)17/h4-10H,17H2,1-3H3. The highest BCUT2D eigenvalue weighted by molar-refractivity contribution is 6.10. The average molecular weight is 254 g/mol. The van der Waals surface area contributed by atoms with E-state index in [2.05, 4.69) is 0 Å². The van der Waals surface area contributed by atoms with E-state index >= 15 is 0 Å². The van der Waals surface area contributed by atoms with Gasteiger partial charge in [0, 0.05) is 18.4 Å². The number of aryl methyl sites for hydroxylation is 2. The van der Waals surface area contributed by atoms with Gasteiger partial charge < -0.3 is 10.6 Å². The van der Waals surface area contributed by atoms with Crippen molar-refractivity contribution in [3.8, 4) is 0 Å². The number of amides is 1. The van der Waals surface area contributed by atoms with Gasteiger partial charge in [-0.3, -0.25) is 4.79 Å². The molecule has 0 saturated carbocycles. The van der Waals surface area contributed by atoms with Crippen molar-refractivity contribution >= 4 is 17.3 Å². The molecule has 0 spiro atoms. The second-order valence-corrected chi connectivity index (χ2v) is 4.74. The molecule has 3 nitrogen and oxygen atoms in total. The number of rotatable bonds is 2. The van der Waals surface area contributed by atoms with Gasteiger partial charge in [-0.25, -0.2) is 0 Å². The van der Waals surface area contributed by atoms with Crippen LogP contribution < -0.4 is 10.6 Å². The van der Waals surface area contributed by atoms with Gasteiger partial charge in [0.05, 0.1) is 5.56 Å². The third kappa shape index (κ3) is 2.60. The van der Waals surface area contributed by atoms with E-state index in [4.69, 9.17) is 5.73 Å². The van der Waals surface area contributed by atoms with E-state index in [0.29, 0.717) is 11.3 Å². The number of carbonyl (C=O) groups is 1. The molecule has 98 valence electrons.